The molecule has 2 aromatic rings. The molecular formula is C17H15ClN2O2. The molecule has 112 valence electrons. The van der Waals surface area contributed by atoms with E-state index in [4.69, 9.17) is 16.3 Å². The monoisotopic (exact) mass is 314 g/mol. The molecule has 1 aliphatic heterocycles. The fourth-order valence-corrected chi connectivity index (χ4v) is 2.38. The van der Waals surface area contributed by atoms with Crippen LogP contribution in [0.1, 0.15) is 5.56 Å². The van der Waals surface area contributed by atoms with Crippen molar-refractivity contribution in [2.24, 2.45) is 0 Å². The molecule has 1 aliphatic rings. The van der Waals surface area contributed by atoms with Gasteiger partial charge in [0.1, 0.15) is 11.9 Å². The van der Waals surface area contributed by atoms with Crippen LogP contribution in [0.4, 0.5) is 0 Å². The van der Waals surface area contributed by atoms with E-state index in [0.717, 1.165) is 11.3 Å². The van der Waals surface area contributed by atoms with Crippen molar-refractivity contribution in [3.63, 3.8) is 0 Å². The predicted molar refractivity (Wildman–Crippen MR) is 85.7 cm³/mol. The number of nitrogens with zero attached hydrogens (tertiary/aromatic N) is 2. The number of aromatic nitrogens is 1. The van der Waals surface area contributed by atoms with Crippen molar-refractivity contribution < 1.29 is 9.53 Å². The summed E-state index contributed by atoms with van der Waals surface area (Å²) >= 11 is 6.05. The van der Waals surface area contributed by atoms with E-state index in [1.807, 2.05) is 30.3 Å². The highest BCUT2D eigenvalue weighted by molar-refractivity contribution is 6.32. The van der Waals surface area contributed by atoms with Crippen molar-refractivity contribution in [2.45, 2.75) is 6.10 Å². The zero-order valence-electron chi connectivity index (χ0n) is 11.9. The highest BCUT2D eigenvalue weighted by Gasteiger charge is 2.31. The molecule has 0 saturated carbocycles. The van der Waals surface area contributed by atoms with Crippen LogP contribution < -0.4 is 4.74 Å². The molecule has 0 spiro atoms. The van der Waals surface area contributed by atoms with Crippen LogP contribution >= 0.6 is 11.6 Å². The largest absolute Gasteiger partial charge is 0.485 e. The first-order valence-electron chi connectivity index (χ1n) is 7.00. The van der Waals surface area contributed by atoms with Gasteiger partial charge in [-0.25, -0.2) is 0 Å². The van der Waals surface area contributed by atoms with Crippen LogP contribution in [0.2, 0.25) is 5.02 Å². The van der Waals surface area contributed by atoms with Gasteiger partial charge in [0.25, 0.3) is 0 Å². The molecule has 0 bridgehead atoms. The first-order chi connectivity index (χ1) is 10.7. The lowest BCUT2D eigenvalue weighted by molar-refractivity contribution is -0.134. The van der Waals surface area contributed by atoms with Gasteiger partial charge in [0, 0.05) is 17.3 Å². The second-order valence-electron chi connectivity index (χ2n) is 5.03. The predicted octanol–water partition coefficient (Wildman–Crippen LogP) is 3.04. The van der Waals surface area contributed by atoms with E-state index in [1.165, 1.54) is 0 Å². The molecule has 1 aromatic heterocycles. The van der Waals surface area contributed by atoms with E-state index in [0.29, 0.717) is 18.1 Å². The molecule has 1 amide bonds. The van der Waals surface area contributed by atoms with Crippen molar-refractivity contribution in [3.8, 4) is 5.75 Å². The smallest absolute Gasteiger partial charge is 0.246 e. The number of carbonyl (C=O) groups excluding carboxylic acids is 1. The Hall–Kier alpha value is -2.33. The molecule has 0 atom stereocenters. The SMILES string of the molecule is O=C(C=Cc1ccccc1Cl)N1CC(Oc2cccnc2)C1. The number of benzene rings is 1. The number of carbonyl (C=O) groups is 1. The number of ether oxygens (including phenoxy) is 1. The van der Waals surface area contributed by atoms with Crippen LogP contribution in [0.25, 0.3) is 6.08 Å². The first-order valence-corrected chi connectivity index (χ1v) is 7.38. The van der Waals surface area contributed by atoms with Crippen molar-refractivity contribution in [2.75, 3.05) is 13.1 Å². The van der Waals surface area contributed by atoms with Gasteiger partial charge in [-0.2, -0.15) is 0 Å². The fourth-order valence-electron chi connectivity index (χ4n) is 2.18. The molecule has 0 N–H and O–H groups in total. The van der Waals surface area contributed by atoms with Crippen LogP contribution in [0, 0.1) is 0 Å². The minimum atomic E-state index is -0.0362. The minimum absolute atomic E-state index is 0.0295. The molecule has 1 aromatic carbocycles. The lowest BCUT2D eigenvalue weighted by Gasteiger charge is -2.38. The van der Waals surface area contributed by atoms with Crippen molar-refractivity contribution in [3.05, 3.63) is 65.5 Å². The molecule has 3 rings (SSSR count). The summed E-state index contributed by atoms with van der Waals surface area (Å²) in [5, 5.41) is 0.632. The Labute approximate surface area is 134 Å². The number of rotatable bonds is 4. The molecule has 4 nitrogen and oxygen atoms in total. The number of hydrogen-bond donors (Lipinski definition) is 0. The summed E-state index contributed by atoms with van der Waals surface area (Å²) < 4.78 is 5.71. The maximum atomic E-state index is 12.0. The highest BCUT2D eigenvalue weighted by Crippen LogP contribution is 2.19. The van der Waals surface area contributed by atoms with Crippen LogP contribution in [0.5, 0.6) is 5.75 Å². The number of likely N-dealkylation sites (tertiary alicyclic amines) is 1. The topological polar surface area (TPSA) is 42.4 Å². The number of hydrogen-bond acceptors (Lipinski definition) is 3. The number of halogens is 1. The fraction of sp³-hybridized carbons (Fsp3) is 0.176. The highest BCUT2D eigenvalue weighted by atomic mass is 35.5. The zero-order valence-corrected chi connectivity index (χ0v) is 12.6. The standard InChI is InChI=1S/C17H15ClN2O2/c18-16-6-2-1-4-13(16)7-8-17(21)20-11-15(12-20)22-14-5-3-9-19-10-14/h1-10,15H,11-12H2. The van der Waals surface area contributed by atoms with E-state index < -0.39 is 0 Å². The average molecular weight is 315 g/mol. The Bertz CT molecular complexity index is 682. The normalized spacial score (nSPS) is 14.9. The maximum Gasteiger partial charge on any atom is 0.246 e. The third-order valence-electron chi connectivity index (χ3n) is 3.41. The van der Waals surface area contributed by atoms with Crippen LogP contribution in [0.15, 0.2) is 54.9 Å². The van der Waals surface area contributed by atoms with Gasteiger partial charge in [0.15, 0.2) is 0 Å². The van der Waals surface area contributed by atoms with Gasteiger partial charge in [-0.1, -0.05) is 29.8 Å². The molecular weight excluding hydrogens is 300 g/mol. The Balaban J connectivity index is 1.50. The summed E-state index contributed by atoms with van der Waals surface area (Å²) in [5.74, 6) is 0.692. The average Bonchev–Trinajstić information content (AvgIpc) is 2.50. The molecule has 22 heavy (non-hydrogen) atoms. The molecule has 5 heteroatoms. The first kappa shape index (κ1) is 14.6. The van der Waals surface area contributed by atoms with E-state index in [9.17, 15) is 4.79 Å². The second kappa shape index (κ2) is 6.62. The van der Waals surface area contributed by atoms with E-state index in [1.54, 1.807) is 35.5 Å². The van der Waals surface area contributed by atoms with Crippen molar-refractivity contribution in [1.82, 2.24) is 9.88 Å². The van der Waals surface area contributed by atoms with Crippen molar-refractivity contribution >= 4 is 23.6 Å². The number of amides is 1. The molecule has 0 radical (unpaired) electrons. The number of pyridine rings is 1. The quantitative estimate of drug-likeness (QED) is 0.815. The third-order valence-corrected chi connectivity index (χ3v) is 3.75. The molecule has 1 fully saturated rings. The summed E-state index contributed by atoms with van der Waals surface area (Å²) in [6.07, 6.45) is 6.67. The van der Waals surface area contributed by atoms with Crippen LogP contribution in [-0.2, 0) is 4.79 Å². The summed E-state index contributed by atoms with van der Waals surface area (Å²) in [7, 11) is 0. The van der Waals surface area contributed by atoms with Gasteiger partial charge < -0.3 is 9.64 Å². The summed E-state index contributed by atoms with van der Waals surface area (Å²) in [6, 6.07) is 11.1. The Morgan fingerprint density at radius 2 is 2.09 bits per heavy atom. The Morgan fingerprint density at radius 1 is 1.27 bits per heavy atom. The molecule has 0 unspecified atom stereocenters. The molecule has 0 aliphatic carbocycles. The lowest BCUT2D eigenvalue weighted by atomic mass is 10.1. The summed E-state index contributed by atoms with van der Waals surface area (Å²) in [5.41, 5.74) is 0.834. The minimum Gasteiger partial charge on any atom is -0.485 e. The summed E-state index contributed by atoms with van der Waals surface area (Å²) in [6.45, 7) is 1.17. The van der Waals surface area contributed by atoms with Gasteiger partial charge in [-0.05, 0) is 29.8 Å². The van der Waals surface area contributed by atoms with Gasteiger partial charge >= 0.3 is 0 Å². The molecule has 2 heterocycles. The van der Waals surface area contributed by atoms with Gasteiger partial charge in [0.2, 0.25) is 5.91 Å². The van der Waals surface area contributed by atoms with Gasteiger partial charge in [-0.15, -0.1) is 0 Å². The molecule has 1 saturated heterocycles. The maximum absolute atomic E-state index is 12.0. The lowest BCUT2D eigenvalue weighted by Crippen LogP contribution is -2.55. The van der Waals surface area contributed by atoms with E-state index in [-0.39, 0.29) is 12.0 Å². The Morgan fingerprint density at radius 3 is 2.82 bits per heavy atom. The summed E-state index contributed by atoms with van der Waals surface area (Å²) in [4.78, 5) is 17.8. The van der Waals surface area contributed by atoms with E-state index >= 15 is 0 Å². The van der Waals surface area contributed by atoms with Gasteiger partial charge in [0.05, 0.1) is 19.3 Å². The second-order valence-corrected chi connectivity index (χ2v) is 5.43. The third kappa shape index (κ3) is 3.46. The van der Waals surface area contributed by atoms with Gasteiger partial charge in [-0.3, -0.25) is 9.78 Å². The zero-order chi connectivity index (χ0) is 15.4. The van der Waals surface area contributed by atoms with E-state index in [2.05, 4.69) is 4.98 Å². The van der Waals surface area contributed by atoms with Crippen LogP contribution in [-0.4, -0.2) is 35.0 Å². The van der Waals surface area contributed by atoms with Crippen LogP contribution in [0.3, 0.4) is 0 Å². The Kier molecular flexibility index (Phi) is 4.39. The van der Waals surface area contributed by atoms with Crippen molar-refractivity contribution in [1.29, 1.82) is 0 Å².